The van der Waals surface area contributed by atoms with Crippen LogP contribution in [0.1, 0.15) is 16.1 Å². The predicted octanol–water partition coefficient (Wildman–Crippen LogP) is 4.23. The first-order chi connectivity index (χ1) is 10.3. The average molecular weight is 313 g/mol. The van der Waals surface area contributed by atoms with E-state index in [4.69, 9.17) is 16.9 Å². The molecule has 6 heteroatoms. The number of H-pyrrole nitrogens is 1. The Hall–Kier alpha value is -2.42. The van der Waals surface area contributed by atoms with Gasteiger partial charge in [-0.15, -0.1) is 16.4 Å². The number of hydrogen-bond donors (Lipinski definition) is 1. The summed E-state index contributed by atoms with van der Waals surface area (Å²) in [6.45, 7) is 0. The highest BCUT2D eigenvalue weighted by molar-refractivity contribution is 7.17. The van der Waals surface area contributed by atoms with Crippen LogP contribution in [-0.2, 0) is 0 Å². The van der Waals surface area contributed by atoms with Gasteiger partial charge in [0.15, 0.2) is 5.69 Å². The molecule has 0 spiro atoms. The molecule has 0 aliphatic rings. The summed E-state index contributed by atoms with van der Waals surface area (Å²) in [4.78, 5) is 1.09. The Bertz CT molecular complexity index is 841. The molecular weight excluding hydrogens is 304 g/mol. The largest absolute Gasteiger partial charge is 0.247 e. The van der Waals surface area contributed by atoms with Crippen molar-refractivity contribution in [3.63, 3.8) is 0 Å². The molecule has 0 aliphatic heterocycles. The van der Waals surface area contributed by atoms with Crippen molar-refractivity contribution in [2.75, 3.05) is 0 Å². The Morgan fingerprint density at radius 3 is 2.90 bits per heavy atom. The summed E-state index contributed by atoms with van der Waals surface area (Å²) in [6.07, 6.45) is 4.00. The molecule has 1 N–H and O–H groups in total. The van der Waals surface area contributed by atoms with Crippen LogP contribution in [0.4, 0.5) is 0 Å². The molecule has 0 fully saturated rings. The Balaban J connectivity index is 1.90. The topological polar surface area (TPSA) is 65.4 Å². The first kappa shape index (κ1) is 13.6. The van der Waals surface area contributed by atoms with Gasteiger partial charge < -0.3 is 0 Å². The SMILES string of the molecule is N#Cc1[nH]nnc1-c1cccc(/C=C/c2ccc(Cl)s2)c1. The van der Waals surface area contributed by atoms with Crippen LogP contribution in [0.25, 0.3) is 23.4 Å². The van der Waals surface area contributed by atoms with E-state index in [1.165, 1.54) is 11.3 Å². The molecule has 102 valence electrons. The van der Waals surface area contributed by atoms with E-state index in [1.807, 2.05) is 54.6 Å². The van der Waals surface area contributed by atoms with Crippen molar-refractivity contribution in [1.82, 2.24) is 15.4 Å². The minimum absolute atomic E-state index is 0.362. The Kier molecular flexibility index (Phi) is 3.82. The van der Waals surface area contributed by atoms with E-state index in [0.717, 1.165) is 20.3 Å². The number of aromatic amines is 1. The van der Waals surface area contributed by atoms with E-state index in [2.05, 4.69) is 15.4 Å². The Morgan fingerprint density at radius 2 is 2.14 bits per heavy atom. The quantitative estimate of drug-likeness (QED) is 0.787. The van der Waals surface area contributed by atoms with E-state index in [1.54, 1.807) is 0 Å². The van der Waals surface area contributed by atoms with Gasteiger partial charge in [0.1, 0.15) is 11.8 Å². The molecule has 0 saturated heterocycles. The zero-order chi connectivity index (χ0) is 14.7. The molecule has 3 aromatic rings. The number of hydrogen-bond acceptors (Lipinski definition) is 4. The average Bonchev–Trinajstić information content (AvgIpc) is 3.14. The van der Waals surface area contributed by atoms with Crippen molar-refractivity contribution >= 4 is 35.1 Å². The number of thiophene rings is 1. The molecular formula is C15H9ClN4S. The first-order valence-electron chi connectivity index (χ1n) is 6.11. The van der Waals surface area contributed by atoms with Gasteiger partial charge in [-0.3, -0.25) is 0 Å². The van der Waals surface area contributed by atoms with Gasteiger partial charge in [-0.1, -0.05) is 41.1 Å². The first-order valence-corrected chi connectivity index (χ1v) is 7.31. The number of aromatic nitrogens is 3. The third-order valence-electron chi connectivity index (χ3n) is 2.85. The summed E-state index contributed by atoms with van der Waals surface area (Å²) < 4.78 is 0.768. The fourth-order valence-electron chi connectivity index (χ4n) is 1.89. The van der Waals surface area contributed by atoms with Crippen molar-refractivity contribution in [2.24, 2.45) is 0 Å². The second kappa shape index (κ2) is 5.92. The minimum atomic E-state index is 0.362. The van der Waals surface area contributed by atoms with Crippen LogP contribution in [0.5, 0.6) is 0 Å². The van der Waals surface area contributed by atoms with Crippen LogP contribution in [-0.4, -0.2) is 15.4 Å². The molecule has 0 radical (unpaired) electrons. The van der Waals surface area contributed by atoms with Crippen LogP contribution in [0.15, 0.2) is 36.4 Å². The maximum atomic E-state index is 9.01. The summed E-state index contributed by atoms with van der Waals surface area (Å²) >= 11 is 7.43. The molecule has 2 aromatic heterocycles. The molecule has 4 nitrogen and oxygen atoms in total. The van der Waals surface area contributed by atoms with Crippen molar-refractivity contribution < 1.29 is 0 Å². The third-order valence-corrected chi connectivity index (χ3v) is 4.05. The fraction of sp³-hybridized carbons (Fsp3) is 0. The van der Waals surface area contributed by atoms with E-state index in [0.29, 0.717) is 11.4 Å². The fourth-order valence-corrected chi connectivity index (χ4v) is 2.86. The second-order valence-corrected chi connectivity index (χ2v) is 5.99. The Labute approximate surface area is 130 Å². The summed E-state index contributed by atoms with van der Waals surface area (Å²) in [6, 6.07) is 13.7. The lowest BCUT2D eigenvalue weighted by Crippen LogP contribution is -1.83. The number of rotatable bonds is 3. The molecule has 0 unspecified atom stereocenters. The summed E-state index contributed by atoms with van der Waals surface area (Å²) in [5.74, 6) is 0. The molecule has 2 heterocycles. The maximum absolute atomic E-state index is 9.01. The normalized spacial score (nSPS) is 10.9. The molecule has 0 saturated carbocycles. The van der Waals surface area contributed by atoms with Crippen molar-refractivity contribution in [2.45, 2.75) is 0 Å². The zero-order valence-electron chi connectivity index (χ0n) is 10.7. The van der Waals surface area contributed by atoms with Gasteiger partial charge in [0.25, 0.3) is 0 Å². The van der Waals surface area contributed by atoms with Gasteiger partial charge in [-0.05, 0) is 29.8 Å². The molecule has 3 rings (SSSR count). The highest BCUT2D eigenvalue weighted by Crippen LogP contribution is 2.24. The van der Waals surface area contributed by atoms with Gasteiger partial charge in [-0.2, -0.15) is 5.26 Å². The Morgan fingerprint density at radius 1 is 1.24 bits per heavy atom. The monoisotopic (exact) mass is 312 g/mol. The lowest BCUT2D eigenvalue weighted by atomic mass is 10.1. The van der Waals surface area contributed by atoms with Crippen LogP contribution >= 0.6 is 22.9 Å². The molecule has 0 aliphatic carbocycles. The zero-order valence-corrected chi connectivity index (χ0v) is 12.3. The molecule has 1 aromatic carbocycles. The highest BCUT2D eigenvalue weighted by atomic mass is 35.5. The minimum Gasteiger partial charge on any atom is -0.247 e. The standard InChI is InChI=1S/C15H9ClN4S/c16-14-7-6-12(21-14)5-4-10-2-1-3-11(8-10)15-13(9-17)18-20-19-15/h1-8H,(H,18,19,20)/b5-4+. The lowest BCUT2D eigenvalue weighted by molar-refractivity contribution is 0.937. The molecule has 0 amide bonds. The smallest absolute Gasteiger partial charge is 0.163 e. The van der Waals surface area contributed by atoms with Gasteiger partial charge in [0, 0.05) is 10.4 Å². The number of halogens is 1. The van der Waals surface area contributed by atoms with E-state index in [9.17, 15) is 0 Å². The van der Waals surface area contributed by atoms with Crippen LogP contribution in [0.2, 0.25) is 4.34 Å². The number of nitrogens with one attached hydrogen (secondary N) is 1. The maximum Gasteiger partial charge on any atom is 0.163 e. The van der Waals surface area contributed by atoms with Crippen LogP contribution < -0.4 is 0 Å². The van der Waals surface area contributed by atoms with E-state index in [-0.39, 0.29) is 0 Å². The summed E-state index contributed by atoms with van der Waals surface area (Å²) in [5, 5.41) is 19.2. The number of benzene rings is 1. The van der Waals surface area contributed by atoms with Crippen molar-refractivity contribution in [3.8, 4) is 17.3 Å². The van der Waals surface area contributed by atoms with Crippen LogP contribution in [0, 0.1) is 11.3 Å². The van der Waals surface area contributed by atoms with Crippen LogP contribution in [0.3, 0.4) is 0 Å². The number of nitrogens with zero attached hydrogens (tertiary/aromatic N) is 3. The van der Waals surface area contributed by atoms with Gasteiger partial charge >= 0.3 is 0 Å². The van der Waals surface area contributed by atoms with Gasteiger partial charge in [0.05, 0.1) is 4.34 Å². The summed E-state index contributed by atoms with van der Waals surface area (Å²) in [5.41, 5.74) is 2.80. The predicted molar refractivity (Wildman–Crippen MR) is 84.8 cm³/mol. The lowest BCUT2D eigenvalue weighted by Gasteiger charge is -1.99. The summed E-state index contributed by atoms with van der Waals surface area (Å²) in [7, 11) is 0. The molecule has 21 heavy (non-hydrogen) atoms. The highest BCUT2D eigenvalue weighted by Gasteiger charge is 2.08. The van der Waals surface area contributed by atoms with Crippen molar-refractivity contribution in [1.29, 1.82) is 5.26 Å². The second-order valence-electron chi connectivity index (χ2n) is 4.25. The van der Waals surface area contributed by atoms with Crippen molar-refractivity contribution in [3.05, 3.63) is 56.9 Å². The van der Waals surface area contributed by atoms with Gasteiger partial charge in [-0.25, -0.2) is 5.10 Å². The third kappa shape index (κ3) is 3.02. The van der Waals surface area contributed by atoms with E-state index >= 15 is 0 Å². The van der Waals surface area contributed by atoms with Gasteiger partial charge in [0.2, 0.25) is 0 Å². The number of nitriles is 1. The molecule has 0 bridgehead atoms. The molecule has 0 atom stereocenters. The van der Waals surface area contributed by atoms with E-state index < -0.39 is 0 Å².